The molecule has 3 N–H and O–H groups in total. The summed E-state index contributed by atoms with van der Waals surface area (Å²) in [4.78, 5) is 23.0. The fraction of sp³-hybridized carbons (Fsp3) is 0.370. The maximum Gasteiger partial charge on any atom is 0.407 e. The van der Waals surface area contributed by atoms with Gasteiger partial charge < -0.3 is 25.2 Å². The van der Waals surface area contributed by atoms with Crippen LogP contribution in [0.1, 0.15) is 48.0 Å². The molecule has 35 heavy (non-hydrogen) atoms. The van der Waals surface area contributed by atoms with Gasteiger partial charge >= 0.3 is 6.09 Å². The number of carbonyl (C=O) groups excluding carboxylic acids is 1. The van der Waals surface area contributed by atoms with Crippen LogP contribution in [0, 0.1) is 0 Å². The van der Waals surface area contributed by atoms with E-state index in [0.29, 0.717) is 11.5 Å². The van der Waals surface area contributed by atoms with Crippen LogP contribution in [-0.2, 0) is 4.74 Å². The molecule has 2 aromatic carbocycles. The van der Waals surface area contributed by atoms with Crippen molar-refractivity contribution in [1.29, 1.82) is 0 Å². The van der Waals surface area contributed by atoms with Crippen molar-refractivity contribution in [2.24, 2.45) is 0 Å². The van der Waals surface area contributed by atoms with Gasteiger partial charge in [0.05, 0.1) is 6.10 Å². The van der Waals surface area contributed by atoms with Crippen LogP contribution in [0.3, 0.4) is 0 Å². The molecule has 2 aliphatic rings. The topological polar surface area (TPSA) is 108 Å². The molecule has 8 heteroatoms. The van der Waals surface area contributed by atoms with E-state index in [1.807, 2.05) is 24.3 Å². The van der Waals surface area contributed by atoms with Crippen molar-refractivity contribution < 1.29 is 19.7 Å². The van der Waals surface area contributed by atoms with Crippen LogP contribution >= 0.6 is 0 Å². The van der Waals surface area contributed by atoms with Crippen molar-refractivity contribution in [2.75, 3.05) is 31.1 Å². The lowest BCUT2D eigenvalue weighted by Gasteiger charge is -2.19. The number of nitrogens with zero attached hydrogens (tertiary/aromatic N) is 3. The number of amides is 1. The summed E-state index contributed by atoms with van der Waals surface area (Å²) in [6, 6.07) is 16.3. The molecule has 1 saturated heterocycles. The lowest BCUT2D eigenvalue weighted by molar-refractivity contribution is 0.0133. The maximum absolute atomic E-state index is 12.3. The normalized spacial score (nSPS) is 16.5. The highest BCUT2D eigenvalue weighted by Crippen LogP contribution is 2.44. The Labute approximate surface area is 204 Å². The Bertz CT molecular complexity index is 1120. The van der Waals surface area contributed by atoms with Gasteiger partial charge in [0, 0.05) is 43.5 Å². The van der Waals surface area contributed by atoms with Gasteiger partial charge in [-0.15, -0.1) is 0 Å². The van der Waals surface area contributed by atoms with Crippen molar-refractivity contribution in [2.45, 2.75) is 37.4 Å². The van der Waals surface area contributed by atoms with Crippen molar-refractivity contribution >= 4 is 12.0 Å². The SMILES string of the molecule is O=C(NCCC(O)C(O)c1cnc(N2CCCC2)nc1)OCC1c2ccccc2-c2ccccc21. The van der Waals surface area contributed by atoms with Gasteiger partial charge in [0.1, 0.15) is 12.7 Å². The molecule has 2 unspecified atom stereocenters. The predicted octanol–water partition coefficient (Wildman–Crippen LogP) is 3.40. The second-order valence-electron chi connectivity index (χ2n) is 9.06. The third-order valence-corrected chi connectivity index (χ3v) is 6.81. The third kappa shape index (κ3) is 4.99. The molecule has 2 atom stereocenters. The average Bonchev–Trinajstić information content (AvgIpc) is 3.54. The predicted molar refractivity (Wildman–Crippen MR) is 132 cm³/mol. The van der Waals surface area contributed by atoms with Crippen LogP contribution in [0.4, 0.5) is 10.7 Å². The number of aliphatic hydroxyl groups excluding tert-OH is 2. The van der Waals surface area contributed by atoms with Crippen molar-refractivity contribution in [3.05, 3.63) is 77.6 Å². The van der Waals surface area contributed by atoms with E-state index in [4.69, 9.17) is 4.74 Å². The minimum absolute atomic E-state index is 0.0101. The number of alkyl carbamates (subject to hydrolysis) is 1. The van der Waals surface area contributed by atoms with Gasteiger partial charge in [0.15, 0.2) is 0 Å². The molecule has 5 rings (SSSR count). The summed E-state index contributed by atoms with van der Waals surface area (Å²) in [6.07, 6.45) is 2.77. The van der Waals surface area contributed by atoms with Crippen LogP contribution in [0.2, 0.25) is 0 Å². The molecule has 8 nitrogen and oxygen atoms in total. The summed E-state index contributed by atoms with van der Waals surface area (Å²) in [5.74, 6) is 0.633. The van der Waals surface area contributed by atoms with E-state index in [1.165, 1.54) is 11.1 Å². The minimum atomic E-state index is -1.13. The Morgan fingerprint density at radius 3 is 2.23 bits per heavy atom. The average molecular weight is 475 g/mol. The Balaban J connectivity index is 1.09. The van der Waals surface area contributed by atoms with Gasteiger partial charge in [-0.1, -0.05) is 48.5 Å². The molecule has 2 heterocycles. The van der Waals surface area contributed by atoms with Gasteiger partial charge in [-0.3, -0.25) is 0 Å². The van der Waals surface area contributed by atoms with Crippen molar-refractivity contribution in [3.63, 3.8) is 0 Å². The van der Waals surface area contributed by atoms with E-state index < -0.39 is 18.3 Å². The molecular formula is C27H30N4O4. The maximum atomic E-state index is 12.3. The van der Waals surface area contributed by atoms with E-state index in [-0.39, 0.29) is 25.5 Å². The van der Waals surface area contributed by atoms with E-state index in [9.17, 15) is 15.0 Å². The first-order valence-corrected chi connectivity index (χ1v) is 12.1. The monoisotopic (exact) mass is 474 g/mol. The number of anilines is 1. The summed E-state index contributed by atoms with van der Waals surface area (Å²) in [7, 11) is 0. The number of nitrogens with one attached hydrogen (secondary N) is 1. The lowest BCUT2D eigenvalue weighted by atomic mass is 9.98. The number of ether oxygens (including phenoxy) is 1. The largest absolute Gasteiger partial charge is 0.449 e. The van der Waals surface area contributed by atoms with Crippen molar-refractivity contribution in [3.8, 4) is 11.1 Å². The number of hydrogen-bond acceptors (Lipinski definition) is 7. The molecule has 182 valence electrons. The molecule has 1 amide bonds. The fourth-order valence-electron chi connectivity index (χ4n) is 4.92. The second-order valence-corrected chi connectivity index (χ2v) is 9.06. The van der Waals surface area contributed by atoms with Gasteiger partial charge in [0.25, 0.3) is 0 Å². The van der Waals surface area contributed by atoms with Gasteiger partial charge in [-0.05, 0) is 41.5 Å². The van der Waals surface area contributed by atoms with Gasteiger partial charge in [-0.2, -0.15) is 0 Å². The van der Waals surface area contributed by atoms with Crippen LogP contribution in [0.5, 0.6) is 0 Å². The zero-order chi connectivity index (χ0) is 24.2. The molecule has 0 radical (unpaired) electrons. The molecule has 0 bridgehead atoms. The number of aromatic nitrogens is 2. The Kier molecular flexibility index (Phi) is 6.92. The number of carbonyl (C=O) groups is 1. The molecule has 0 spiro atoms. The van der Waals surface area contributed by atoms with Crippen LogP contribution in [0.25, 0.3) is 11.1 Å². The first-order valence-electron chi connectivity index (χ1n) is 12.1. The quantitative estimate of drug-likeness (QED) is 0.459. The number of fused-ring (bicyclic) bond motifs is 3. The smallest absolute Gasteiger partial charge is 0.407 e. The van der Waals surface area contributed by atoms with E-state index in [2.05, 4.69) is 44.5 Å². The van der Waals surface area contributed by atoms with Crippen LogP contribution in [0.15, 0.2) is 60.9 Å². The van der Waals surface area contributed by atoms with E-state index >= 15 is 0 Å². The van der Waals surface area contributed by atoms with E-state index in [0.717, 1.165) is 37.1 Å². The zero-order valence-corrected chi connectivity index (χ0v) is 19.5. The zero-order valence-electron chi connectivity index (χ0n) is 19.5. The molecule has 1 fully saturated rings. The molecule has 1 aromatic heterocycles. The van der Waals surface area contributed by atoms with E-state index in [1.54, 1.807) is 12.4 Å². The summed E-state index contributed by atoms with van der Waals surface area (Å²) in [5.41, 5.74) is 5.09. The minimum Gasteiger partial charge on any atom is -0.449 e. The first-order chi connectivity index (χ1) is 17.1. The van der Waals surface area contributed by atoms with Gasteiger partial charge in [0.2, 0.25) is 5.95 Å². The number of rotatable bonds is 8. The number of benzene rings is 2. The highest BCUT2D eigenvalue weighted by Gasteiger charge is 2.29. The summed E-state index contributed by atoms with van der Waals surface area (Å²) in [6.45, 7) is 2.27. The summed E-state index contributed by atoms with van der Waals surface area (Å²) >= 11 is 0. The Hall–Kier alpha value is -3.49. The molecular weight excluding hydrogens is 444 g/mol. The lowest BCUT2D eigenvalue weighted by Crippen LogP contribution is -2.30. The Morgan fingerprint density at radius 2 is 1.60 bits per heavy atom. The summed E-state index contributed by atoms with van der Waals surface area (Å²) in [5, 5.41) is 23.5. The molecule has 1 aliphatic carbocycles. The molecule has 1 aliphatic heterocycles. The second kappa shape index (κ2) is 10.4. The summed E-state index contributed by atoms with van der Waals surface area (Å²) < 4.78 is 5.51. The van der Waals surface area contributed by atoms with Crippen LogP contribution < -0.4 is 10.2 Å². The fourth-order valence-corrected chi connectivity index (χ4v) is 4.92. The standard InChI is InChI=1S/C27H30N4O4/c32-24(25(33)18-15-29-26(30-16-18)31-13-5-6-14-31)11-12-28-27(34)35-17-23-21-9-3-1-7-19(21)20-8-2-4-10-22(20)23/h1-4,7-10,15-16,23-25,32-33H,5-6,11-14,17H2,(H,28,34). The highest BCUT2D eigenvalue weighted by molar-refractivity contribution is 5.79. The first kappa shape index (κ1) is 23.3. The number of aliphatic hydroxyl groups is 2. The highest BCUT2D eigenvalue weighted by atomic mass is 16.5. The van der Waals surface area contributed by atoms with Crippen molar-refractivity contribution in [1.82, 2.24) is 15.3 Å². The third-order valence-electron chi connectivity index (χ3n) is 6.81. The Morgan fingerprint density at radius 1 is 1.00 bits per heavy atom. The molecule has 3 aromatic rings. The molecule has 0 saturated carbocycles. The number of hydrogen-bond donors (Lipinski definition) is 3. The van der Waals surface area contributed by atoms with Crippen LogP contribution in [-0.4, -0.2) is 58.6 Å². The van der Waals surface area contributed by atoms with Gasteiger partial charge in [-0.25, -0.2) is 14.8 Å².